The Kier molecular flexibility index (Phi) is 4.61. The molecule has 0 saturated heterocycles. The second-order valence-electron chi connectivity index (χ2n) is 4.26. The topological polar surface area (TPSA) is 60.2 Å². The number of nitrogens with zero attached hydrogens (tertiary/aromatic N) is 1. The van der Waals surface area contributed by atoms with Gasteiger partial charge in [0.15, 0.2) is 5.82 Å². The van der Waals surface area contributed by atoms with E-state index in [0.29, 0.717) is 11.6 Å². The van der Waals surface area contributed by atoms with Gasteiger partial charge in [0.1, 0.15) is 0 Å². The lowest BCUT2D eigenvalue weighted by atomic mass is 9.90. The van der Waals surface area contributed by atoms with Gasteiger partial charge in [-0.3, -0.25) is 0 Å². The standard InChI is InChI=1S/C13H23N3O/c1-5-13(6-2,7-3)16-12-10(14)8-9-11(15-12)17-4/h8-9H,5-7,14H2,1-4H3,(H,15,16). The van der Waals surface area contributed by atoms with Crippen molar-refractivity contribution in [3.05, 3.63) is 12.1 Å². The lowest BCUT2D eigenvalue weighted by molar-refractivity contribution is 0.394. The maximum Gasteiger partial charge on any atom is 0.215 e. The summed E-state index contributed by atoms with van der Waals surface area (Å²) >= 11 is 0. The third kappa shape index (κ3) is 3.02. The minimum Gasteiger partial charge on any atom is -0.481 e. The molecule has 0 atom stereocenters. The van der Waals surface area contributed by atoms with Crippen molar-refractivity contribution in [2.24, 2.45) is 0 Å². The maximum atomic E-state index is 5.93. The van der Waals surface area contributed by atoms with E-state index in [1.165, 1.54) is 0 Å². The molecular formula is C13H23N3O. The van der Waals surface area contributed by atoms with Crippen molar-refractivity contribution < 1.29 is 4.74 Å². The number of nitrogens with one attached hydrogen (secondary N) is 1. The van der Waals surface area contributed by atoms with Gasteiger partial charge in [-0.05, 0) is 25.3 Å². The summed E-state index contributed by atoms with van der Waals surface area (Å²) in [4.78, 5) is 4.36. The van der Waals surface area contributed by atoms with Gasteiger partial charge in [0, 0.05) is 11.6 Å². The molecular weight excluding hydrogens is 214 g/mol. The summed E-state index contributed by atoms with van der Waals surface area (Å²) in [6, 6.07) is 3.59. The molecule has 96 valence electrons. The SMILES string of the molecule is CCC(CC)(CC)Nc1nc(OC)ccc1N. The molecule has 1 aromatic heterocycles. The number of pyridine rings is 1. The number of anilines is 2. The Morgan fingerprint density at radius 2 is 1.82 bits per heavy atom. The molecule has 1 rings (SSSR count). The summed E-state index contributed by atoms with van der Waals surface area (Å²) in [5.41, 5.74) is 6.66. The van der Waals surface area contributed by atoms with Crippen molar-refractivity contribution in [2.45, 2.75) is 45.6 Å². The number of hydrogen-bond donors (Lipinski definition) is 2. The number of hydrogen-bond acceptors (Lipinski definition) is 4. The highest BCUT2D eigenvalue weighted by molar-refractivity contribution is 5.63. The van der Waals surface area contributed by atoms with Crippen molar-refractivity contribution in [1.29, 1.82) is 0 Å². The second-order valence-corrected chi connectivity index (χ2v) is 4.26. The zero-order valence-electron chi connectivity index (χ0n) is 11.2. The van der Waals surface area contributed by atoms with Crippen LogP contribution in [-0.4, -0.2) is 17.6 Å². The van der Waals surface area contributed by atoms with E-state index in [-0.39, 0.29) is 5.54 Å². The van der Waals surface area contributed by atoms with E-state index in [9.17, 15) is 0 Å². The molecule has 17 heavy (non-hydrogen) atoms. The first-order valence-electron chi connectivity index (χ1n) is 6.19. The van der Waals surface area contributed by atoms with Crippen molar-refractivity contribution in [1.82, 2.24) is 4.98 Å². The van der Waals surface area contributed by atoms with Crippen LogP contribution in [0.3, 0.4) is 0 Å². The highest BCUT2D eigenvalue weighted by Crippen LogP contribution is 2.28. The van der Waals surface area contributed by atoms with Gasteiger partial charge in [0.2, 0.25) is 5.88 Å². The van der Waals surface area contributed by atoms with E-state index in [1.807, 2.05) is 6.07 Å². The largest absolute Gasteiger partial charge is 0.481 e. The smallest absolute Gasteiger partial charge is 0.215 e. The van der Waals surface area contributed by atoms with Crippen LogP contribution in [0.1, 0.15) is 40.0 Å². The van der Waals surface area contributed by atoms with Gasteiger partial charge >= 0.3 is 0 Å². The Labute approximate surface area is 104 Å². The van der Waals surface area contributed by atoms with Crippen LogP contribution in [0.25, 0.3) is 0 Å². The number of aromatic nitrogens is 1. The van der Waals surface area contributed by atoms with Crippen LogP contribution in [-0.2, 0) is 0 Å². The fourth-order valence-corrected chi connectivity index (χ4v) is 1.93. The van der Waals surface area contributed by atoms with Crippen LogP contribution in [0.15, 0.2) is 12.1 Å². The molecule has 0 aliphatic heterocycles. The Morgan fingerprint density at radius 1 is 1.24 bits per heavy atom. The molecule has 0 radical (unpaired) electrons. The molecule has 4 nitrogen and oxygen atoms in total. The number of rotatable bonds is 6. The Hall–Kier alpha value is -1.45. The maximum absolute atomic E-state index is 5.93. The zero-order valence-corrected chi connectivity index (χ0v) is 11.2. The molecule has 4 heteroatoms. The third-order valence-electron chi connectivity index (χ3n) is 3.52. The van der Waals surface area contributed by atoms with Gasteiger partial charge in [-0.1, -0.05) is 20.8 Å². The summed E-state index contributed by atoms with van der Waals surface area (Å²) in [7, 11) is 1.61. The van der Waals surface area contributed by atoms with E-state index in [4.69, 9.17) is 10.5 Å². The van der Waals surface area contributed by atoms with Gasteiger partial charge in [0.25, 0.3) is 0 Å². The van der Waals surface area contributed by atoms with Gasteiger partial charge in [0.05, 0.1) is 12.8 Å². The summed E-state index contributed by atoms with van der Waals surface area (Å²) < 4.78 is 5.12. The summed E-state index contributed by atoms with van der Waals surface area (Å²) in [5.74, 6) is 1.30. The van der Waals surface area contributed by atoms with E-state index < -0.39 is 0 Å². The molecule has 0 fully saturated rings. The van der Waals surface area contributed by atoms with E-state index in [1.54, 1.807) is 13.2 Å². The van der Waals surface area contributed by atoms with Crippen LogP contribution in [0.2, 0.25) is 0 Å². The molecule has 0 aliphatic rings. The normalized spacial score (nSPS) is 11.3. The van der Waals surface area contributed by atoms with Crippen molar-refractivity contribution in [3.8, 4) is 5.88 Å². The van der Waals surface area contributed by atoms with Crippen LogP contribution in [0, 0.1) is 0 Å². The predicted molar refractivity (Wildman–Crippen MR) is 72.4 cm³/mol. The monoisotopic (exact) mass is 237 g/mol. The summed E-state index contributed by atoms with van der Waals surface area (Å²) in [6.07, 6.45) is 3.12. The van der Waals surface area contributed by atoms with E-state index in [0.717, 1.165) is 25.1 Å². The number of nitrogens with two attached hydrogens (primary N) is 1. The lowest BCUT2D eigenvalue weighted by Gasteiger charge is -2.32. The first-order valence-corrected chi connectivity index (χ1v) is 6.19. The molecule has 0 amide bonds. The minimum atomic E-state index is 0.0630. The third-order valence-corrected chi connectivity index (χ3v) is 3.52. The summed E-state index contributed by atoms with van der Waals surface area (Å²) in [6.45, 7) is 6.53. The van der Waals surface area contributed by atoms with Gasteiger partial charge in [-0.25, -0.2) is 0 Å². The number of methoxy groups -OCH3 is 1. The van der Waals surface area contributed by atoms with E-state index in [2.05, 4.69) is 31.1 Å². The first kappa shape index (κ1) is 13.6. The Bertz CT molecular complexity index is 353. The Balaban J connectivity index is 2.99. The number of nitrogen functional groups attached to an aromatic ring is 1. The Morgan fingerprint density at radius 3 is 2.29 bits per heavy atom. The van der Waals surface area contributed by atoms with Crippen molar-refractivity contribution in [2.75, 3.05) is 18.2 Å². The molecule has 0 aromatic carbocycles. The van der Waals surface area contributed by atoms with Crippen LogP contribution < -0.4 is 15.8 Å². The van der Waals surface area contributed by atoms with Crippen LogP contribution in [0.4, 0.5) is 11.5 Å². The van der Waals surface area contributed by atoms with Crippen LogP contribution >= 0.6 is 0 Å². The fraction of sp³-hybridized carbons (Fsp3) is 0.615. The number of ether oxygens (including phenoxy) is 1. The highest BCUT2D eigenvalue weighted by atomic mass is 16.5. The fourth-order valence-electron chi connectivity index (χ4n) is 1.93. The molecule has 3 N–H and O–H groups in total. The predicted octanol–water partition coefficient (Wildman–Crippen LogP) is 3.05. The highest BCUT2D eigenvalue weighted by Gasteiger charge is 2.24. The zero-order chi connectivity index (χ0) is 12.9. The minimum absolute atomic E-state index is 0.0630. The van der Waals surface area contributed by atoms with Gasteiger partial charge in [-0.15, -0.1) is 0 Å². The van der Waals surface area contributed by atoms with Crippen LogP contribution in [0.5, 0.6) is 5.88 Å². The molecule has 0 bridgehead atoms. The molecule has 1 heterocycles. The molecule has 0 aliphatic carbocycles. The quantitative estimate of drug-likeness (QED) is 0.798. The van der Waals surface area contributed by atoms with E-state index >= 15 is 0 Å². The molecule has 0 spiro atoms. The van der Waals surface area contributed by atoms with Crippen molar-refractivity contribution >= 4 is 11.5 Å². The molecule has 0 unspecified atom stereocenters. The summed E-state index contributed by atoms with van der Waals surface area (Å²) in [5, 5.41) is 3.47. The average molecular weight is 237 g/mol. The van der Waals surface area contributed by atoms with Gasteiger partial charge in [-0.2, -0.15) is 4.98 Å². The first-order chi connectivity index (χ1) is 8.10. The average Bonchev–Trinajstić information content (AvgIpc) is 2.38. The lowest BCUT2D eigenvalue weighted by Crippen LogP contribution is -2.36. The molecule has 1 aromatic rings. The van der Waals surface area contributed by atoms with Crippen molar-refractivity contribution in [3.63, 3.8) is 0 Å². The second kappa shape index (κ2) is 5.75. The van der Waals surface area contributed by atoms with Gasteiger partial charge < -0.3 is 15.8 Å². The molecule has 0 saturated carbocycles.